The molecular formula is C42H62N2Pd. The Kier molecular flexibility index (Phi) is 31.3. The van der Waals surface area contributed by atoms with Gasteiger partial charge < -0.3 is 19.4 Å². The van der Waals surface area contributed by atoms with Gasteiger partial charge in [0.15, 0.2) is 0 Å². The molecule has 2 nitrogen and oxygen atoms in total. The number of unbranched alkanes of at least 4 members (excludes halogenated alkanes) is 8. The summed E-state index contributed by atoms with van der Waals surface area (Å²) in [5.74, 6) is 9.81. The maximum Gasteiger partial charge on any atom is 2.00 e. The zero-order valence-corrected chi connectivity index (χ0v) is 31.1. The topological polar surface area (TPSA) is 36.4 Å². The molecule has 0 radical (unpaired) electrons. The fourth-order valence-corrected chi connectivity index (χ4v) is 5.38. The molecule has 0 aliphatic heterocycles. The smallest absolute Gasteiger partial charge is 0.348 e. The fraction of sp³-hybridized carbons (Fsp3) is 0.524. The third-order valence-corrected chi connectivity index (χ3v) is 7.61. The largest absolute Gasteiger partial charge is 2.00 e. The molecule has 2 aromatic carbocycles. The second-order valence-corrected chi connectivity index (χ2v) is 10.8. The molecule has 0 aliphatic rings. The van der Waals surface area contributed by atoms with Crippen LogP contribution < -0.4 is 0 Å². The van der Waals surface area contributed by atoms with Crippen LogP contribution in [0.15, 0.2) is 59.7 Å². The van der Waals surface area contributed by atoms with E-state index in [-0.39, 0.29) is 20.4 Å². The number of hydrogen-bond acceptors (Lipinski definition) is 0. The van der Waals surface area contributed by atoms with E-state index in [9.17, 15) is 5.53 Å². The normalized spacial score (nSPS) is 10.2. The van der Waals surface area contributed by atoms with Gasteiger partial charge in [0.1, 0.15) is 0 Å². The number of nitrogens with zero attached hydrogens (tertiary/aromatic N) is 2. The van der Waals surface area contributed by atoms with Crippen molar-refractivity contribution in [2.45, 2.75) is 144 Å². The summed E-state index contributed by atoms with van der Waals surface area (Å²) < 4.78 is 0. The predicted molar refractivity (Wildman–Crippen MR) is 196 cm³/mol. The van der Waals surface area contributed by atoms with Crippen LogP contribution in [0.2, 0.25) is 0 Å². The molecule has 2 aromatic rings. The molecule has 45 heavy (non-hydrogen) atoms. The third-order valence-electron chi connectivity index (χ3n) is 7.61. The molecule has 3 heteroatoms. The maximum absolute atomic E-state index is 9.58. The van der Waals surface area contributed by atoms with Gasteiger partial charge in [-0.25, -0.2) is 0 Å². The molecule has 0 atom stereocenters. The van der Waals surface area contributed by atoms with Gasteiger partial charge in [0.25, 0.3) is 0 Å². The van der Waals surface area contributed by atoms with Crippen molar-refractivity contribution in [3.05, 3.63) is 101 Å². The minimum absolute atomic E-state index is 0. The van der Waals surface area contributed by atoms with Gasteiger partial charge in [-0.15, -0.1) is 16.6 Å². The van der Waals surface area contributed by atoms with Gasteiger partial charge in [0.2, 0.25) is 0 Å². The number of rotatable bonds is 18. The van der Waals surface area contributed by atoms with Crippen molar-refractivity contribution < 1.29 is 25.2 Å². The quantitative estimate of drug-likeness (QED) is 0.0217. The molecule has 0 amide bonds. The van der Waals surface area contributed by atoms with Gasteiger partial charge in [-0.2, -0.15) is 13.8 Å². The Morgan fingerprint density at radius 3 is 2.02 bits per heavy atom. The zero-order valence-electron chi connectivity index (χ0n) is 29.6. The van der Waals surface area contributed by atoms with Crippen molar-refractivity contribution in [2.24, 2.45) is 0 Å². The maximum atomic E-state index is 9.58. The van der Waals surface area contributed by atoms with Crippen LogP contribution in [0.1, 0.15) is 154 Å². The van der Waals surface area contributed by atoms with Crippen molar-refractivity contribution in [1.82, 2.24) is 0 Å². The average Bonchev–Trinajstić information content (AvgIpc) is 3.07. The van der Waals surface area contributed by atoms with Crippen LogP contribution in [0.5, 0.6) is 0 Å². The van der Waals surface area contributed by atoms with E-state index >= 15 is 0 Å². The zero-order chi connectivity index (χ0) is 32.8. The predicted octanol–water partition coefficient (Wildman–Crippen LogP) is 12.6. The first-order chi connectivity index (χ1) is 21.7. The van der Waals surface area contributed by atoms with Crippen molar-refractivity contribution >= 4 is 11.4 Å². The van der Waals surface area contributed by atoms with Crippen LogP contribution in [0.4, 0.5) is 0 Å². The Bertz CT molecular complexity index is 1200. The molecule has 0 aromatic heterocycles. The van der Waals surface area contributed by atoms with E-state index in [1.807, 2.05) is 0 Å². The van der Waals surface area contributed by atoms with Gasteiger partial charge in [-0.3, -0.25) is 0 Å². The first-order valence-corrected chi connectivity index (χ1v) is 17.4. The van der Waals surface area contributed by atoms with Crippen molar-refractivity contribution in [3.63, 3.8) is 0 Å². The van der Waals surface area contributed by atoms with E-state index < -0.39 is 0 Å². The molecule has 0 bridgehead atoms. The van der Waals surface area contributed by atoms with Gasteiger partial charge >= 0.3 is 26.3 Å². The SMILES string of the molecule is CCCCCC#CCCc1ccccc1C(=C(CC)C(=C=[N+]=[N-])CCCCC)c1cccc(CCCCCC)c1.[CH2-]C.[CH2-]C.[Pd+2]. The summed E-state index contributed by atoms with van der Waals surface area (Å²) in [6.07, 6.45) is 17.8. The third kappa shape index (κ3) is 18.3. The first kappa shape index (κ1) is 44.7. The monoisotopic (exact) mass is 700 g/mol. The average molecular weight is 701 g/mol. The number of hydrogen-bond donors (Lipinski definition) is 0. The Labute approximate surface area is 292 Å². The molecule has 0 N–H and O–H groups in total. The molecule has 0 unspecified atom stereocenters. The van der Waals surface area contributed by atoms with E-state index in [0.717, 1.165) is 63.4 Å². The summed E-state index contributed by atoms with van der Waals surface area (Å²) in [4.78, 5) is 3.40. The molecule has 0 saturated heterocycles. The summed E-state index contributed by atoms with van der Waals surface area (Å²) in [6, 6.07) is 17.9. The molecule has 0 spiro atoms. The van der Waals surface area contributed by atoms with Gasteiger partial charge in [-0.05, 0) is 78.3 Å². The molecule has 0 aliphatic carbocycles. The Balaban J connectivity index is 0. The first-order valence-electron chi connectivity index (χ1n) is 17.4. The Morgan fingerprint density at radius 1 is 0.711 bits per heavy atom. The summed E-state index contributed by atoms with van der Waals surface area (Å²) in [5.41, 5.74) is 18.3. The molecule has 0 saturated carbocycles. The van der Waals surface area contributed by atoms with Crippen LogP contribution in [0.25, 0.3) is 11.1 Å². The summed E-state index contributed by atoms with van der Waals surface area (Å²) in [5, 5.41) is 0. The van der Waals surface area contributed by atoms with Crippen molar-refractivity contribution in [1.29, 1.82) is 0 Å². The Morgan fingerprint density at radius 2 is 1.36 bits per heavy atom. The van der Waals surface area contributed by atoms with Gasteiger partial charge in [-0.1, -0.05) is 121 Å². The van der Waals surface area contributed by atoms with E-state index in [4.69, 9.17) is 0 Å². The Hall–Kier alpha value is -2.44. The number of benzene rings is 2. The van der Waals surface area contributed by atoms with E-state index in [1.165, 1.54) is 78.3 Å². The second kappa shape index (κ2) is 31.5. The van der Waals surface area contributed by atoms with Crippen LogP contribution in [-0.2, 0) is 33.3 Å². The minimum Gasteiger partial charge on any atom is -0.348 e. The van der Waals surface area contributed by atoms with Gasteiger partial charge in [0.05, 0.1) is 5.57 Å². The molecular weight excluding hydrogens is 639 g/mol. The van der Waals surface area contributed by atoms with Crippen LogP contribution in [0.3, 0.4) is 0 Å². The number of aryl methyl sites for hydroxylation is 2. The summed E-state index contributed by atoms with van der Waals surface area (Å²) >= 11 is 0. The summed E-state index contributed by atoms with van der Waals surface area (Å²) in [7, 11) is 0. The fourth-order valence-electron chi connectivity index (χ4n) is 5.38. The number of allylic oxidation sites excluding steroid dienone is 2. The standard InChI is InChI=1S/C38H52N2.2C2H5.Pd/c1-5-9-12-14-15-16-19-25-33-26-20-21-29-37(33)38(36(8-4)35(31-40-39)27-17-11-7-3)34-28-22-24-32(30-34)23-18-13-10-6-2;2*1-2;/h20-22,24,26,28-30H,5-14,17-19,23,25,27H2,1-4H3;2*1H2,2H3;/q;2*-1;+2. The minimum atomic E-state index is 0. The molecule has 0 heterocycles. The van der Waals surface area contributed by atoms with E-state index in [2.05, 4.69) is 113 Å². The second-order valence-electron chi connectivity index (χ2n) is 10.8. The van der Waals surface area contributed by atoms with E-state index in [0.29, 0.717) is 0 Å². The molecule has 2 rings (SSSR count). The van der Waals surface area contributed by atoms with Crippen LogP contribution in [-0.4, -0.2) is 10.7 Å². The van der Waals surface area contributed by atoms with Crippen molar-refractivity contribution in [2.75, 3.05) is 0 Å². The van der Waals surface area contributed by atoms with E-state index in [1.54, 1.807) is 13.8 Å². The van der Waals surface area contributed by atoms with Crippen LogP contribution in [0, 0.1) is 25.7 Å². The molecule has 0 fully saturated rings. The summed E-state index contributed by atoms with van der Waals surface area (Å²) in [6.45, 7) is 18.9. The van der Waals surface area contributed by atoms with Crippen LogP contribution >= 0.6 is 0 Å². The molecule has 250 valence electrons. The van der Waals surface area contributed by atoms with Crippen molar-refractivity contribution in [3.8, 4) is 11.8 Å². The van der Waals surface area contributed by atoms with Gasteiger partial charge in [0, 0.05) is 12.8 Å².